The normalized spacial score (nSPS) is 18.2. The number of carbonyl (C=O) groups excluding carboxylic acids is 1. The Hall–Kier alpha value is -1.75. The second-order valence-electron chi connectivity index (χ2n) is 6.26. The molecule has 0 spiro atoms. The van der Waals surface area contributed by atoms with Gasteiger partial charge in [0.25, 0.3) is 0 Å². The minimum atomic E-state index is -0.0471. The molecule has 0 aromatic heterocycles. The summed E-state index contributed by atoms with van der Waals surface area (Å²) in [4.78, 5) is 12.2. The monoisotopic (exact) mass is 334 g/mol. The Balaban J connectivity index is 1.91. The van der Waals surface area contributed by atoms with E-state index >= 15 is 0 Å². The lowest BCUT2D eigenvalue weighted by atomic mass is 10.0. The van der Waals surface area contributed by atoms with Gasteiger partial charge in [-0.25, -0.2) is 0 Å². The van der Waals surface area contributed by atoms with Gasteiger partial charge in [0.2, 0.25) is 5.91 Å². The number of nitrogens with one attached hydrogen (secondary N) is 2. The fraction of sp³-hybridized carbons (Fsp3) is 0.632. The maximum absolute atomic E-state index is 12.2. The molecule has 1 fully saturated rings. The molecule has 0 bridgehead atoms. The molecule has 24 heavy (non-hydrogen) atoms. The molecule has 1 aliphatic heterocycles. The van der Waals surface area contributed by atoms with Crippen LogP contribution in [-0.4, -0.2) is 32.2 Å². The number of hydrogen-bond acceptors (Lipinski definition) is 4. The maximum atomic E-state index is 12.2. The van der Waals surface area contributed by atoms with Crippen LogP contribution in [0.3, 0.4) is 0 Å². The fourth-order valence-corrected chi connectivity index (χ4v) is 3.03. The third-order valence-corrected chi connectivity index (χ3v) is 4.39. The predicted octanol–water partition coefficient (Wildman–Crippen LogP) is 3.05. The van der Waals surface area contributed by atoms with Crippen molar-refractivity contribution in [1.29, 1.82) is 0 Å². The van der Waals surface area contributed by atoms with Crippen molar-refractivity contribution < 1.29 is 14.3 Å². The molecule has 1 amide bonds. The van der Waals surface area contributed by atoms with Crippen LogP contribution >= 0.6 is 0 Å². The summed E-state index contributed by atoms with van der Waals surface area (Å²) in [5.74, 6) is 2.23. The topological polar surface area (TPSA) is 59.6 Å². The average molecular weight is 334 g/mol. The Bertz CT molecular complexity index is 527. The Kier molecular flexibility index (Phi) is 7.37. The maximum Gasteiger partial charge on any atom is 0.220 e. The molecule has 0 aliphatic carbocycles. The van der Waals surface area contributed by atoms with Gasteiger partial charge < -0.3 is 20.1 Å². The highest BCUT2D eigenvalue weighted by molar-refractivity contribution is 5.76. The lowest BCUT2D eigenvalue weighted by Crippen LogP contribution is -2.27. The molecule has 0 saturated carbocycles. The van der Waals surface area contributed by atoms with Gasteiger partial charge in [0.05, 0.1) is 19.3 Å². The predicted molar refractivity (Wildman–Crippen MR) is 95.5 cm³/mol. The summed E-state index contributed by atoms with van der Waals surface area (Å²) < 4.78 is 11.2. The van der Waals surface area contributed by atoms with Crippen LogP contribution in [0, 0.1) is 5.92 Å². The minimum absolute atomic E-state index is 0.0471. The fourth-order valence-electron chi connectivity index (χ4n) is 3.03. The van der Waals surface area contributed by atoms with Crippen LogP contribution in [0.4, 0.5) is 0 Å². The van der Waals surface area contributed by atoms with Crippen molar-refractivity contribution in [3.05, 3.63) is 23.8 Å². The first-order valence-corrected chi connectivity index (χ1v) is 9.03. The Morgan fingerprint density at radius 1 is 1.29 bits per heavy atom. The molecule has 5 nitrogen and oxygen atoms in total. The van der Waals surface area contributed by atoms with E-state index in [1.54, 1.807) is 0 Å². The minimum Gasteiger partial charge on any atom is -0.490 e. The van der Waals surface area contributed by atoms with E-state index in [0.29, 0.717) is 25.6 Å². The molecule has 2 unspecified atom stereocenters. The molecule has 0 radical (unpaired) electrons. The second kappa shape index (κ2) is 9.52. The van der Waals surface area contributed by atoms with Crippen LogP contribution in [0.1, 0.15) is 51.6 Å². The van der Waals surface area contributed by atoms with Gasteiger partial charge in [-0.2, -0.15) is 0 Å². The third kappa shape index (κ3) is 5.41. The molecule has 1 heterocycles. The van der Waals surface area contributed by atoms with Crippen LogP contribution in [-0.2, 0) is 4.79 Å². The van der Waals surface area contributed by atoms with E-state index in [1.807, 2.05) is 39.0 Å². The van der Waals surface area contributed by atoms with Gasteiger partial charge in [-0.15, -0.1) is 0 Å². The molecule has 134 valence electrons. The largest absolute Gasteiger partial charge is 0.490 e. The molecular weight excluding hydrogens is 304 g/mol. The van der Waals surface area contributed by atoms with E-state index in [9.17, 15) is 4.79 Å². The Morgan fingerprint density at radius 3 is 2.71 bits per heavy atom. The Morgan fingerprint density at radius 2 is 2.04 bits per heavy atom. The van der Waals surface area contributed by atoms with E-state index in [0.717, 1.165) is 36.6 Å². The first-order valence-electron chi connectivity index (χ1n) is 9.03. The molecule has 1 aromatic rings. The standard InChI is InChI=1S/C19H30N2O3/c1-4-23-17-8-7-16(12-18(17)24-5-2)14(3)21-19(22)9-6-15-10-11-20-13-15/h7-8,12,14-15,20H,4-6,9-11,13H2,1-3H3,(H,21,22). The smallest absolute Gasteiger partial charge is 0.220 e. The molecular formula is C19H30N2O3. The van der Waals surface area contributed by atoms with E-state index in [2.05, 4.69) is 10.6 Å². The first-order chi connectivity index (χ1) is 11.6. The molecule has 1 aliphatic rings. The molecule has 2 rings (SSSR count). The van der Waals surface area contributed by atoms with Crippen LogP contribution in [0.2, 0.25) is 0 Å². The molecule has 2 atom stereocenters. The van der Waals surface area contributed by atoms with Crippen LogP contribution < -0.4 is 20.1 Å². The summed E-state index contributed by atoms with van der Waals surface area (Å²) >= 11 is 0. The van der Waals surface area contributed by atoms with Crippen LogP contribution in [0.25, 0.3) is 0 Å². The number of rotatable bonds is 9. The summed E-state index contributed by atoms with van der Waals surface area (Å²) in [6.07, 6.45) is 2.73. The highest BCUT2D eigenvalue weighted by atomic mass is 16.5. The van der Waals surface area contributed by atoms with Crippen molar-refractivity contribution in [3.8, 4) is 11.5 Å². The van der Waals surface area contributed by atoms with Gasteiger partial charge >= 0.3 is 0 Å². The number of amides is 1. The zero-order valence-corrected chi connectivity index (χ0v) is 15.1. The number of ether oxygens (including phenoxy) is 2. The van der Waals surface area contributed by atoms with Crippen molar-refractivity contribution >= 4 is 5.91 Å². The summed E-state index contributed by atoms with van der Waals surface area (Å²) in [5.41, 5.74) is 1.03. The van der Waals surface area contributed by atoms with Crippen molar-refractivity contribution in [3.63, 3.8) is 0 Å². The van der Waals surface area contributed by atoms with Gasteiger partial charge in [0, 0.05) is 6.42 Å². The summed E-state index contributed by atoms with van der Waals surface area (Å²) in [5, 5.41) is 6.42. The number of carbonyl (C=O) groups is 1. The van der Waals surface area contributed by atoms with E-state index in [-0.39, 0.29) is 11.9 Å². The van der Waals surface area contributed by atoms with Crippen molar-refractivity contribution in [2.24, 2.45) is 5.92 Å². The van der Waals surface area contributed by atoms with E-state index in [1.165, 1.54) is 6.42 Å². The molecule has 2 N–H and O–H groups in total. The lowest BCUT2D eigenvalue weighted by Gasteiger charge is -2.18. The third-order valence-electron chi connectivity index (χ3n) is 4.39. The van der Waals surface area contributed by atoms with Gasteiger partial charge in [-0.3, -0.25) is 4.79 Å². The summed E-state index contributed by atoms with van der Waals surface area (Å²) in [6, 6.07) is 5.81. The Labute approximate surface area is 145 Å². The quantitative estimate of drug-likeness (QED) is 0.729. The van der Waals surface area contributed by atoms with Crippen LogP contribution in [0.5, 0.6) is 11.5 Å². The zero-order chi connectivity index (χ0) is 17.4. The van der Waals surface area contributed by atoms with Gasteiger partial charge in [-0.05, 0) is 70.3 Å². The summed E-state index contributed by atoms with van der Waals surface area (Å²) in [6.45, 7) is 9.20. The highest BCUT2D eigenvalue weighted by Crippen LogP contribution is 2.30. The van der Waals surface area contributed by atoms with Crippen molar-refractivity contribution in [2.75, 3.05) is 26.3 Å². The first kappa shape index (κ1) is 18.6. The SMILES string of the molecule is CCOc1ccc(C(C)NC(=O)CCC2CCNC2)cc1OCC. The second-order valence-corrected chi connectivity index (χ2v) is 6.26. The number of hydrogen-bond donors (Lipinski definition) is 2. The van der Waals surface area contributed by atoms with Crippen LogP contribution in [0.15, 0.2) is 18.2 Å². The zero-order valence-electron chi connectivity index (χ0n) is 15.1. The average Bonchev–Trinajstić information content (AvgIpc) is 3.08. The highest BCUT2D eigenvalue weighted by Gasteiger charge is 2.17. The number of benzene rings is 1. The molecule has 5 heteroatoms. The van der Waals surface area contributed by atoms with Gasteiger partial charge in [0.15, 0.2) is 11.5 Å². The summed E-state index contributed by atoms with van der Waals surface area (Å²) in [7, 11) is 0. The molecule has 1 saturated heterocycles. The molecule has 1 aromatic carbocycles. The van der Waals surface area contributed by atoms with Crippen molar-refractivity contribution in [1.82, 2.24) is 10.6 Å². The lowest BCUT2D eigenvalue weighted by molar-refractivity contribution is -0.122. The van der Waals surface area contributed by atoms with E-state index < -0.39 is 0 Å². The van der Waals surface area contributed by atoms with Gasteiger partial charge in [-0.1, -0.05) is 6.07 Å². The van der Waals surface area contributed by atoms with E-state index in [4.69, 9.17) is 9.47 Å². The van der Waals surface area contributed by atoms with Gasteiger partial charge in [0.1, 0.15) is 0 Å². The van der Waals surface area contributed by atoms with Crippen molar-refractivity contribution in [2.45, 2.75) is 46.1 Å².